The number of amides is 1. The first kappa shape index (κ1) is 16.7. The molecule has 21 heavy (non-hydrogen) atoms. The highest BCUT2D eigenvalue weighted by Gasteiger charge is 2.25. The second-order valence-electron chi connectivity index (χ2n) is 6.34. The third kappa shape index (κ3) is 5.24. The lowest BCUT2D eigenvalue weighted by Gasteiger charge is -2.36. The number of ether oxygens (including phenoxy) is 1. The molecule has 0 spiro atoms. The van der Waals surface area contributed by atoms with E-state index in [9.17, 15) is 4.79 Å². The Labute approximate surface area is 129 Å². The molecule has 0 radical (unpaired) electrons. The topological polar surface area (TPSA) is 44.8 Å². The summed E-state index contributed by atoms with van der Waals surface area (Å²) in [5.74, 6) is 0.141. The number of piperidine rings is 2. The quantitative estimate of drug-likeness (QED) is 0.797. The van der Waals surface area contributed by atoms with Crippen LogP contribution in [0.3, 0.4) is 0 Å². The number of carbonyl (C=O) groups is 1. The number of hydrogen-bond donors (Lipinski definition) is 1. The highest BCUT2D eigenvalue weighted by Crippen LogP contribution is 2.16. The normalized spacial score (nSPS) is 22.4. The van der Waals surface area contributed by atoms with Crippen LogP contribution >= 0.6 is 0 Å². The lowest BCUT2D eigenvalue weighted by Crippen LogP contribution is -2.47. The Morgan fingerprint density at radius 3 is 2.52 bits per heavy atom. The van der Waals surface area contributed by atoms with E-state index in [0.29, 0.717) is 6.04 Å². The van der Waals surface area contributed by atoms with Crippen LogP contribution in [-0.2, 0) is 9.53 Å². The summed E-state index contributed by atoms with van der Waals surface area (Å²) in [5, 5.41) is 3.31. The van der Waals surface area contributed by atoms with E-state index in [-0.39, 0.29) is 18.6 Å². The Morgan fingerprint density at radius 1 is 1.24 bits per heavy atom. The minimum atomic E-state index is 0.141. The average Bonchev–Trinajstić information content (AvgIpc) is 2.54. The third-order valence-corrected chi connectivity index (χ3v) is 4.77. The Balaban J connectivity index is 1.67. The maximum Gasteiger partial charge on any atom is 0.248 e. The van der Waals surface area contributed by atoms with Gasteiger partial charge in [0.15, 0.2) is 0 Å². The molecule has 0 aromatic rings. The fraction of sp³-hybridized carbons (Fsp3) is 0.938. The molecule has 0 atom stereocenters. The van der Waals surface area contributed by atoms with E-state index >= 15 is 0 Å². The van der Waals surface area contributed by atoms with Crippen molar-refractivity contribution < 1.29 is 9.53 Å². The molecule has 2 heterocycles. The van der Waals surface area contributed by atoms with Crippen LogP contribution in [0.5, 0.6) is 0 Å². The molecule has 5 nitrogen and oxygen atoms in total. The van der Waals surface area contributed by atoms with Gasteiger partial charge in [0.1, 0.15) is 6.61 Å². The van der Waals surface area contributed by atoms with Gasteiger partial charge in [-0.05, 0) is 51.7 Å². The van der Waals surface area contributed by atoms with Crippen molar-refractivity contribution in [3.8, 4) is 0 Å². The van der Waals surface area contributed by atoms with Crippen molar-refractivity contribution in [2.24, 2.45) is 0 Å². The van der Waals surface area contributed by atoms with E-state index in [1.165, 1.54) is 13.0 Å². The summed E-state index contributed by atoms with van der Waals surface area (Å²) in [5.41, 5.74) is 0. The fourth-order valence-corrected chi connectivity index (χ4v) is 3.30. The number of hydrogen-bond acceptors (Lipinski definition) is 4. The second-order valence-corrected chi connectivity index (χ2v) is 6.34. The van der Waals surface area contributed by atoms with Gasteiger partial charge in [-0.15, -0.1) is 0 Å². The molecule has 1 amide bonds. The molecule has 0 saturated carbocycles. The highest BCUT2D eigenvalue weighted by molar-refractivity contribution is 5.77. The lowest BCUT2D eigenvalue weighted by molar-refractivity contribution is -0.140. The van der Waals surface area contributed by atoms with Gasteiger partial charge < -0.3 is 19.9 Å². The van der Waals surface area contributed by atoms with Crippen LogP contribution in [0.15, 0.2) is 0 Å². The largest absolute Gasteiger partial charge is 0.368 e. The predicted octanol–water partition coefficient (Wildman–Crippen LogP) is 1.09. The Morgan fingerprint density at radius 2 is 1.90 bits per heavy atom. The molecule has 2 aliphatic heterocycles. The third-order valence-electron chi connectivity index (χ3n) is 4.77. The number of nitrogens with zero attached hydrogens (tertiary/aromatic N) is 2. The van der Waals surface area contributed by atoms with Crippen LogP contribution in [0.25, 0.3) is 0 Å². The van der Waals surface area contributed by atoms with Gasteiger partial charge in [0.05, 0.1) is 6.10 Å². The average molecular weight is 297 g/mol. The number of likely N-dealkylation sites (tertiary alicyclic amines) is 1. The van der Waals surface area contributed by atoms with Crippen molar-refractivity contribution in [2.75, 3.05) is 46.4 Å². The highest BCUT2D eigenvalue weighted by atomic mass is 16.5. The Kier molecular flexibility index (Phi) is 6.93. The van der Waals surface area contributed by atoms with Crippen LogP contribution in [0, 0.1) is 0 Å². The van der Waals surface area contributed by atoms with Gasteiger partial charge in [0.2, 0.25) is 5.91 Å². The minimum absolute atomic E-state index is 0.141. The molecule has 122 valence electrons. The minimum Gasteiger partial charge on any atom is -0.368 e. The summed E-state index contributed by atoms with van der Waals surface area (Å²) < 4.78 is 5.77. The molecule has 1 N–H and O–H groups in total. The molecule has 0 unspecified atom stereocenters. The lowest BCUT2D eigenvalue weighted by atomic mass is 10.0. The summed E-state index contributed by atoms with van der Waals surface area (Å²) in [4.78, 5) is 16.7. The van der Waals surface area contributed by atoms with Crippen LogP contribution in [0.4, 0.5) is 0 Å². The molecule has 0 aliphatic carbocycles. The van der Waals surface area contributed by atoms with Gasteiger partial charge in [-0.2, -0.15) is 0 Å². The SMILES string of the molecule is CCCN1CCC(N(C)C(=O)COC2CCNCC2)CC1. The summed E-state index contributed by atoms with van der Waals surface area (Å²) in [6.07, 6.45) is 5.70. The van der Waals surface area contributed by atoms with Crippen molar-refractivity contribution in [2.45, 2.75) is 51.2 Å². The van der Waals surface area contributed by atoms with Crippen LogP contribution in [-0.4, -0.2) is 74.2 Å². The number of carbonyl (C=O) groups excluding carboxylic acids is 1. The van der Waals surface area contributed by atoms with Gasteiger partial charge >= 0.3 is 0 Å². The van der Waals surface area contributed by atoms with E-state index < -0.39 is 0 Å². The molecule has 0 aromatic heterocycles. The fourth-order valence-electron chi connectivity index (χ4n) is 3.30. The maximum atomic E-state index is 12.3. The van der Waals surface area contributed by atoms with Crippen molar-refractivity contribution in [1.82, 2.24) is 15.1 Å². The van der Waals surface area contributed by atoms with E-state index in [0.717, 1.165) is 51.9 Å². The zero-order valence-corrected chi connectivity index (χ0v) is 13.6. The molecule has 0 bridgehead atoms. The van der Waals surface area contributed by atoms with Crippen molar-refractivity contribution >= 4 is 5.91 Å². The zero-order valence-electron chi connectivity index (χ0n) is 13.6. The number of rotatable bonds is 6. The van der Waals surface area contributed by atoms with Gasteiger partial charge in [0, 0.05) is 26.2 Å². The van der Waals surface area contributed by atoms with Crippen molar-refractivity contribution in [3.05, 3.63) is 0 Å². The zero-order chi connectivity index (χ0) is 15.1. The molecule has 0 aromatic carbocycles. The number of likely N-dealkylation sites (N-methyl/N-ethyl adjacent to an activating group) is 1. The van der Waals surface area contributed by atoms with E-state index in [1.807, 2.05) is 11.9 Å². The predicted molar refractivity (Wildman–Crippen MR) is 84.4 cm³/mol. The van der Waals surface area contributed by atoms with E-state index in [4.69, 9.17) is 4.74 Å². The van der Waals surface area contributed by atoms with Gasteiger partial charge in [-0.1, -0.05) is 6.92 Å². The first-order valence-corrected chi connectivity index (χ1v) is 8.51. The van der Waals surface area contributed by atoms with E-state index in [2.05, 4.69) is 17.1 Å². The molecular formula is C16H31N3O2. The van der Waals surface area contributed by atoms with E-state index in [1.54, 1.807) is 0 Å². The number of nitrogens with one attached hydrogen (secondary N) is 1. The Bertz CT molecular complexity index is 311. The maximum absolute atomic E-state index is 12.3. The van der Waals surface area contributed by atoms with Gasteiger partial charge in [0.25, 0.3) is 0 Å². The van der Waals surface area contributed by atoms with Crippen LogP contribution in [0.1, 0.15) is 39.0 Å². The summed E-state index contributed by atoms with van der Waals surface area (Å²) in [6.45, 7) is 7.89. The molecule has 2 rings (SSSR count). The molecule has 5 heteroatoms. The molecule has 2 fully saturated rings. The first-order chi connectivity index (χ1) is 10.2. The summed E-state index contributed by atoms with van der Waals surface area (Å²) in [7, 11) is 1.94. The molecule has 2 saturated heterocycles. The van der Waals surface area contributed by atoms with Gasteiger partial charge in [-0.25, -0.2) is 0 Å². The second kappa shape index (κ2) is 8.71. The molecule has 2 aliphatic rings. The molecular weight excluding hydrogens is 266 g/mol. The van der Waals surface area contributed by atoms with Crippen molar-refractivity contribution in [1.29, 1.82) is 0 Å². The smallest absolute Gasteiger partial charge is 0.248 e. The van der Waals surface area contributed by atoms with Crippen molar-refractivity contribution in [3.63, 3.8) is 0 Å². The Hall–Kier alpha value is -0.650. The summed E-state index contributed by atoms with van der Waals surface area (Å²) in [6, 6.07) is 0.391. The van der Waals surface area contributed by atoms with Crippen LogP contribution < -0.4 is 5.32 Å². The van der Waals surface area contributed by atoms with Gasteiger partial charge in [-0.3, -0.25) is 4.79 Å². The summed E-state index contributed by atoms with van der Waals surface area (Å²) >= 11 is 0. The first-order valence-electron chi connectivity index (χ1n) is 8.51. The standard InChI is InChI=1S/C16H31N3O2/c1-3-10-19-11-6-14(7-12-19)18(2)16(20)13-21-15-4-8-17-9-5-15/h14-15,17H,3-13H2,1-2H3. The monoisotopic (exact) mass is 297 g/mol. The van der Waals surface area contributed by atoms with Crippen LogP contribution in [0.2, 0.25) is 0 Å².